The van der Waals surface area contributed by atoms with Gasteiger partial charge in [-0.3, -0.25) is 19.4 Å². The number of amides is 2. The molecule has 140 valence electrons. The van der Waals surface area contributed by atoms with E-state index in [1.165, 1.54) is 5.56 Å². The van der Waals surface area contributed by atoms with Crippen molar-refractivity contribution in [1.29, 1.82) is 0 Å². The van der Waals surface area contributed by atoms with Gasteiger partial charge in [0.05, 0.1) is 25.1 Å². The molecular formula is C21H28N2O3. The van der Waals surface area contributed by atoms with Crippen LogP contribution in [0, 0.1) is 11.8 Å². The monoisotopic (exact) mass is 356 g/mol. The summed E-state index contributed by atoms with van der Waals surface area (Å²) >= 11 is 0. The van der Waals surface area contributed by atoms with Crippen molar-refractivity contribution in [3.63, 3.8) is 0 Å². The van der Waals surface area contributed by atoms with Crippen LogP contribution in [0.25, 0.3) is 0 Å². The number of carbonyl (C=O) groups excluding carboxylic acids is 2. The Hall–Kier alpha value is -1.88. The summed E-state index contributed by atoms with van der Waals surface area (Å²) in [6.07, 6.45) is 6.08. The molecule has 5 heteroatoms. The van der Waals surface area contributed by atoms with Gasteiger partial charge in [-0.1, -0.05) is 25.0 Å². The molecule has 0 unspecified atom stereocenters. The molecule has 2 heterocycles. The van der Waals surface area contributed by atoms with E-state index in [0.717, 1.165) is 50.8 Å². The molecule has 3 atom stereocenters. The van der Waals surface area contributed by atoms with Crippen LogP contribution in [0.1, 0.15) is 57.1 Å². The minimum atomic E-state index is -0.0530. The highest BCUT2D eigenvalue weighted by atomic mass is 16.5. The molecule has 2 amide bonds. The molecule has 4 rings (SSSR count). The molecule has 0 spiro atoms. The first-order chi connectivity index (χ1) is 12.7. The Labute approximate surface area is 155 Å². The Morgan fingerprint density at radius 2 is 1.62 bits per heavy atom. The zero-order chi connectivity index (χ0) is 18.1. The number of ether oxygens (including phenoxy) is 1. The fraction of sp³-hybridized carbons (Fsp3) is 0.619. The number of likely N-dealkylation sites (tertiary alicyclic amines) is 2. The largest absolute Gasteiger partial charge is 0.494 e. The van der Waals surface area contributed by atoms with Crippen LogP contribution in [-0.4, -0.2) is 41.4 Å². The van der Waals surface area contributed by atoms with Gasteiger partial charge in [0.2, 0.25) is 11.8 Å². The van der Waals surface area contributed by atoms with E-state index in [0.29, 0.717) is 13.3 Å². The number of fused-ring (bicyclic) bond motifs is 1. The average Bonchev–Trinajstić information content (AvgIpc) is 3.22. The van der Waals surface area contributed by atoms with Crippen LogP contribution in [0.15, 0.2) is 24.3 Å². The second-order valence-corrected chi connectivity index (χ2v) is 7.72. The van der Waals surface area contributed by atoms with Gasteiger partial charge in [-0.15, -0.1) is 0 Å². The van der Waals surface area contributed by atoms with Crippen molar-refractivity contribution in [2.24, 2.45) is 11.8 Å². The molecule has 1 aromatic rings. The SMILES string of the molecule is CCOc1ccc([C@@H]2CCCN2CN2C(=O)[C@H]3CCCC[C@@H]3C2=O)cc1. The third-order valence-corrected chi connectivity index (χ3v) is 6.20. The molecule has 26 heavy (non-hydrogen) atoms. The first-order valence-corrected chi connectivity index (χ1v) is 10.0. The summed E-state index contributed by atoms with van der Waals surface area (Å²) in [7, 11) is 0. The Morgan fingerprint density at radius 3 is 2.23 bits per heavy atom. The van der Waals surface area contributed by atoms with Crippen LogP contribution >= 0.6 is 0 Å². The molecule has 2 aliphatic heterocycles. The van der Waals surface area contributed by atoms with E-state index in [1.54, 1.807) is 4.90 Å². The predicted octanol–water partition coefficient (Wildman–Crippen LogP) is 3.35. The Bertz CT molecular complexity index is 648. The summed E-state index contributed by atoms with van der Waals surface area (Å²) in [6.45, 7) is 4.03. The number of nitrogens with zero attached hydrogens (tertiary/aromatic N) is 2. The molecular weight excluding hydrogens is 328 g/mol. The Balaban J connectivity index is 1.47. The highest BCUT2D eigenvalue weighted by molar-refractivity contribution is 6.05. The molecule has 0 radical (unpaired) electrons. The van der Waals surface area contributed by atoms with Crippen LogP contribution in [0.4, 0.5) is 0 Å². The maximum absolute atomic E-state index is 12.8. The van der Waals surface area contributed by atoms with E-state index in [4.69, 9.17) is 4.74 Å². The van der Waals surface area contributed by atoms with Crippen molar-refractivity contribution in [2.75, 3.05) is 19.8 Å². The molecule has 1 saturated carbocycles. The molecule has 0 bridgehead atoms. The third kappa shape index (κ3) is 3.13. The molecule has 3 aliphatic rings. The lowest BCUT2D eigenvalue weighted by Gasteiger charge is -2.29. The van der Waals surface area contributed by atoms with Gasteiger partial charge in [-0.05, 0) is 50.3 Å². The molecule has 2 saturated heterocycles. The van der Waals surface area contributed by atoms with Gasteiger partial charge < -0.3 is 4.74 Å². The first-order valence-electron chi connectivity index (χ1n) is 10.0. The van der Waals surface area contributed by atoms with Crippen molar-refractivity contribution in [3.8, 4) is 5.75 Å². The molecule has 1 aliphatic carbocycles. The van der Waals surface area contributed by atoms with Crippen LogP contribution in [0.5, 0.6) is 5.75 Å². The van der Waals surface area contributed by atoms with Crippen LogP contribution in [0.3, 0.4) is 0 Å². The number of hydrogen-bond acceptors (Lipinski definition) is 4. The predicted molar refractivity (Wildman–Crippen MR) is 98.5 cm³/mol. The van der Waals surface area contributed by atoms with Gasteiger partial charge in [-0.2, -0.15) is 0 Å². The molecule has 0 N–H and O–H groups in total. The van der Waals surface area contributed by atoms with Crippen molar-refractivity contribution < 1.29 is 14.3 Å². The minimum absolute atomic E-state index is 0.0530. The Morgan fingerprint density at radius 1 is 0.962 bits per heavy atom. The van der Waals surface area contributed by atoms with Gasteiger partial charge in [0.1, 0.15) is 5.75 Å². The maximum atomic E-state index is 12.8. The van der Waals surface area contributed by atoms with Crippen molar-refractivity contribution in [1.82, 2.24) is 9.80 Å². The zero-order valence-corrected chi connectivity index (χ0v) is 15.5. The van der Waals surface area contributed by atoms with E-state index in [2.05, 4.69) is 17.0 Å². The molecule has 1 aromatic carbocycles. The summed E-state index contributed by atoms with van der Waals surface area (Å²) in [5, 5.41) is 0. The van der Waals surface area contributed by atoms with E-state index in [9.17, 15) is 9.59 Å². The quantitative estimate of drug-likeness (QED) is 0.759. The van der Waals surface area contributed by atoms with Gasteiger partial charge in [0.15, 0.2) is 0 Å². The zero-order valence-electron chi connectivity index (χ0n) is 15.5. The van der Waals surface area contributed by atoms with E-state index < -0.39 is 0 Å². The highest BCUT2D eigenvalue weighted by Gasteiger charge is 2.48. The number of rotatable bonds is 5. The average molecular weight is 356 g/mol. The van der Waals surface area contributed by atoms with Crippen molar-refractivity contribution >= 4 is 11.8 Å². The summed E-state index contributed by atoms with van der Waals surface area (Å²) in [4.78, 5) is 29.4. The van der Waals surface area contributed by atoms with Crippen molar-refractivity contribution in [3.05, 3.63) is 29.8 Å². The lowest BCUT2D eigenvalue weighted by atomic mass is 9.81. The van der Waals surface area contributed by atoms with Gasteiger partial charge >= 0.3 is 0 Å². The van der Waals surface area contributed by atoms with E-state index in [-0.39, 0.29) is 29.7 Å². The second kappa shape index (κ2) is 7.39. The molecule has 0 aromatic heterocycles. The molecule has 5 nitrogen and oxygen atoms in total. The second-order valence-electron chi connectivity index (χ2n) is 7.72. The van der Waals surface area contributed by atoms with Crippen LogP contribution < -0.4 is 4.74 Å². The number of carbonyl (C=O) groups is 2. The van der Waals surface area contributed by atoms with Crippen LogP contribution in [0.2, 0.25) is 0 Å². The summed E-state index contributed by atoms with van der Waals surface area (Å²) in [5.74, 6) is 0.911. The van der Waals surface area contributed by atoms with E-state index in [1.807, 2.05) is 19.1 Å². The van der Waals surface area contributed by atoms with Crippen molar-refractivity contribution in [2.45, 2.75) is 51.5 Å². The summed E-state index contributed by atoms with van der Waals surface area (Å²) < 4.78 is 5.53. The fourth-order valence-corrected chi connectivity index (χ4v) is 4.88. The van der Waals surface area contributed by atoms with Gasteiger partial charge in [0, 0.05) is 12.6 Å². The number of hydrogen-bond donors (Lipinski definition) is 0. The molecule has 3 fully saturated rings. The summed E-state index contributed by atoms with van der Waals surface area (Å²) in [5.41, 5.74) is 1.24. The van der Waals surface area contributed by atoms with E-state index >= 15 is 0 Å². The first kappa shape index (κ1) is 17.5. The number of imide groups is 1. The highest BCUT2D eigenvalue weighted by Crippen LogP contribution is 2.39. The smallest absolute Gasteiger partial charge is 0.234 e. The maximum Gasteiger partial charge on any atom is 0.234 e. The number of benzene rings is 1. The lowest BCUT2D eigenvalue weighted by molar-refractivity contribution is -0.142. The van der Waals surface area contributed by atoms with Gasteiger partial charge in [-0.25, -0.2) is 0 Å². The van der Waals surface area contributed by atoms with Gasteiger partial charge in [0.25, 0.3) is 0 Å². The standard InChI is InChI=1S/C21H28N2O3/c1-2-26-16-11-9-15(10-12-16)19-8-5-13-22(19)14-23-20(24)17-6-3-4-7-18(17)21(23)25/h9-12,17-19H,2-8,13-14H2,1H3/t17-,18-,19-/m0/s1. The topological polar surface area (TPSA) is 49.9 Å². The fourth-order valence-electron chi connectivity index (χ4n) is 4.88. The van der Waals surface area contributed by atoms with Crippen LogP contribution in [-0.2, 0) is 9.59 Å². The normalized spacial score (nSPS) is 29.3. The summed E-state index contributed by atoms with van der Waals surface area (Å²) in [6, 6.07) is 8.52. The third-order valence-electron chi connectivity index (χ3n) is 6.20. The Kier molecular flexibility index (Phi) is 4.98. The minimum Gasteiger partial charge on any atom is -0.494 e. The lowest BCUT2D eigenvalue weighted by Crippen LogP contribution is -2.41.